The quantitative estimate of drug-likeness (QED) is 0.171. The molecule has 0 radical (unpaired) electrons. The highest BCUT2D eigenvalue weighted by atomic mass is 32.2. The summed E-state index contributed by atoms with van der Waals surface area (Å²) in [5, 5.41) is 2.44. The number of carbonyl (C=O) groups is 1. The molecular formula is C29H26F5NO5S. The van der Waals surface area contributed by atoms with Gasteiger partial charge in [0.1, 0.15) is 10.5 Å². The van der Waals surface area contributed by atoms with Crippen molar-refractivity contribution in [1.82, 2.24) is 5.32 Å². The van der Waals surface area contributed by atoms with Crippen LogP contribution in [0.4, 0.5) is 26.7 Å². The minimum Gasteiger partial charge on any atom is -0.444 e. The number of carbonyl (C=O) groups excluding carboxylic acids is 1. The Bertz CT molecular complexity index is 1550. The van der Waals surface area contributed by atoms with E-state index in [0.29, 0.717) is 17.2 Å². The summed E-state index contributed by atoms with van der Waals surface area (Å²) < 4.78 is 99.9. The minimum absolute atomic E-state index is 0.105. The zero-order chi connectivity index (χ0) is 30.8. The molecule has 0 unspecified atom stereocenters. The van der Waals surface area contributed by atoms with Crippen LogP contribution in [0.3, 0.4) is 0 Å². The molecule has 0 atom stereocenters. The highest BCUT2D eigenvalue weighted by Gasteiger charge is 2.24. The van der Waals surface area contributed by atoms with Gasteiger partial charge in [0.15, 0.2) is 17.5 Å². The molecule has 3 aromatic rings. The van der Waals surface area contributed by atoms with Crippen molar-refractivity contribution >= 4 is 34.2 Å². The average Bonchev–Trinajstić information content (AvgIpc) is 2.88. The molecule has 0 bridgehead atoms. The number of halogens is 5. The molecular weight excluding hydrogens is 569 g/mol. The van der Waals surface area contributed by atoms with E-state index < -0.39 is 55.8 Å². The van der Waals surface area contributed by atoms with Gasteiger partial charge >= 0.3 is 12.2 Å². The van der Waals surface area contributed by atoms with Gasteiger partial charge in [0, 0.05) is 0 Å². The van der Waals surface area contributed by atoms with Gasteiger partial charge in [0.2, 0.25) is 0 Å². The first-order valence-electron chi connectivity index (χ1n) is 11.7. The molecule has 1 amide bonds. The lowest BCUT2D eigenvalue weighted by atomic mass is 10.1. The van der Waals surface area contributed by atoms with Crippen LogP contribution in [0.25, 0.3) is 18.0 Å². The monoisotopic (exact) mass is 595 g/mol. The SMILES string of the molecule is CC(C)(C)OC(=O)NC(=Cc1ccccc1)C(=Cc1ccccc1)S(=O)(=O)O.FC(F)=C(F)c1cccc(F)c1F. The Balaban J connectivity index is 0.000000377. The Morgan fingerprint density at radius 3 is 1.80 bits per heavy atom. The number of alkyl carbamates (subject to hydrolysis) is 1. The average molecular weight is 596 g/mol. The summed E-state index contributed by atoms with van der Waals surface area (Å²) in [5.74, 6) is -5.03. The molecule has 0 saturated heterocycles. The summed E-state index contributed by atoms with van der Waals surface area (Å²) in [6, 6.07) is 19.8. The van der Waals surface area contributed by atoms with Gasteiger partial charge in [-0.25, -0.2) is 18.0 Å². The van der Waals surface area contributed by atoms with Crippen LogP contribution in [-0.2, 0) is 14.9 Å². The van der Waals surface area contributed by atoms with Gasteiger partial charge in [0.25, 0.3) is 10.1 Å². The lowest BCUT2D eigenvalue weighted by molar-refractivity contribution is 0.0548. The Morgan fingerprint density at radius 2 is 1.34 bits per heavy atom. The van der Waals surface area contributed by atoms with Crippen LogP contribution in [0.5, 0.6) is 0 Å². The van der Waals surface area contributed by atoms with Crippen LogP contribution < -0.4 is 5.32 Å². The lowest BCUT2D eigenvalue weighted by Gasteiger charge is -2.21. The predicted molar refractivity (Wildman–Crippen MR) is 146 cm³/mol. The van der Waals surface area contributed by atoms with Crippen molar-refractivity contribution < 1.29 is 44.5 Å². The fraction of sp³-hybridized carbons (Fsp3) is 0.138. The first kappa shape index (κ1) is 32.9. The summed E-state index contributed by atoms with van der Waals surface area (Å²) in [5.41, 5.74) is -0.772. The molecule has 3 rings (SSSR count). The van der Waals surface area contributed by atoms with Gasteiger partial charge in [0.05, 0.1) is 11.3 Å². The van der Waals surface area contributed by atoms with Crippen molar-refractivity contribution in [2.75, 3.05) is 0 Å². The molecule has 2 N–H and O–H groups in total. The van der Waals surface area contributed by atoms with Crippen LogP contribution in [0.1, 0.15) is 37.5 Å². The maximum atomic E-state index is 12.6. The Morgan fingerprint density at radius 1 is 0.829 bits per heavy atom. The Labute approximate surface area is 234 Å². The number of ether oxygens (including phenoxy) is 1. The summed E-state index contributed by atoms with van der Waals surface area (Å²) >= 11 is 0. The fourth-order valence-electron chi connectivity index (χ4n) is 3.07. The molecule has 0 aliphatic rings. The van der Waals surface area contributed by atoms with Crippen LogP contribution in [0.2, 0.25) is 0 Å². The second-order valence-corrected chi connectivity index (χ2v) is 10.6. The second-order valence-electron chi connectivity index (χ2n) is 9.17. The molecule has 0 aromatic heterocycles. The maximum absolute atomic E-state index is 12.6. The van der Waals surface area contributed by atoms with Crippen molar-refractivity contribution in [2.45, 2.75) is 26.4 Å². The number of hydrogen-bond acceptors (Lipinski definition) is 4. The third kappa shape index (κ3) is 11.0. The molecule has 0 spiro atoms. The van der Waals surface area contributed by atoms with Gasteiger partial charge in [-0.2, -0.15) is 17.2 Å². The third-order valence-electron chi connectivity index (χ3n) is 4.74. The van der Waals surface area contributed by atoms with Crippen molar-refractivity contribution in [3.8, 4) is 0 Å². The van der Waals surface area contributed by atoms with E-state index >= 15 is 0 Å². The van der Waals surface area contributed by atoms with Crippen LogP contribution in [0, 0.1) is 11.6 Å². The van der Waals surface area contributed by atoms with Gasteiger partial charge in [-0.05, 0) is 56.2 Å². The molecule has 0 aliphatic heterocycles. The summed E-state index contributed by atoms with van der Waals surface area (Å²) in [6.07, 6.45) is -0.782. The predicted octanol–water partition coefficient (Wildman–Crippen LogP) is 7.98. The van der Waals surface area contributed by atoms with Gasteiger partial charge in [-0.15, -0.1) is 0 Å². The van der Waals surface area contributed by atoms with E-state index in [1.165, 1.54) is 12.2 Å². The Hall–Kier alpha value is -4.29. The smallest absolute Gasteiger partial charge is 0.412 e. The van der Waals surface area contributed by atoms with Crippen molar-refractivity contribution in [2.24, 2.45) is 0 Å². The van der Waals surface area contributed by atoms with Gasteiger partial charge in [-0.3, -0.25) is 9.87 Å². The molecule has 218 valence electrons. The minimum atomic E-state index is -4.65. The zero-order valence-electron chi connectivity index (χ0n) is 22.0. The lowest BCUT2D eigenvalue weighted by Crippen LogP contribution is -2.33. The van der Waals surface area contributed by atoms with Gasteiger partial charge < -0.3 is 4.74 Å². The first-order valence-corrected chi connectivity index (χ1v) is 13.2. The van der Waals surface area contributed by atoms with E-state index in [0.717, 1.165) is 12.1 Å². The molecule has 0 fully saturated rings. The molecule has 6 nitrogen and oxygen atoms in total. The van der Waals surface area contributed by atoms with Crippen LogP contribution in [-0.4, -0.2) is 24.7 Å². The summed E-state index contributed by atoms with van der Waals surface area (Å²) in [7, 11) is -4.65. The molecule has 0 heterocycles. The molecule has 3 aromatic carbocycles. The van der Waals surface area contributed by atoms with E-state index in [1.807, 2.05) is 6.07 Å². The number of amides is 1. The fourth-order valence-corrected chi connectivity index (χ4v) is 3.74. The van der Waals surface area contributed by atoms with Crippen LogP contribution >= 0.6 is 0 Å². The van der Waals surface area contributed by atoms with Gasteiger partial charge in [-0.1, -0.05) is 66.7 Å². The van der Waals surface area contributed by atoms with E-state index in [9.17, 15) is 39.7 Å². The highest BCUT2D eigenvalue weighted by molar-refractivity contribution is 7.90. The molecule has 41 heavy (non-hydrogen) atoms. The zero-order valence-corrected chi connectivity index (χ0v) is 22.9. The normalized spacial score (nSPS) is 12.1. The van der Waals surface area contributed by atoms with E-state index in [2.05, 4.69) is 5.32 Å². The first-order chi connectivity index (χ1) is 19.1. The van der Waals surface area contributed by atoms with E-state index in [1.54, 1.807) is 75.4 Å². The van der Waals surface area contributed by atoms with E-state index in [-0.39, 0.29) is 5.70 Å². The number of nitrogens with one attached hydrogen (secondary N) is 1. The second kappa shape index (κ2) is 14.4. The number of hydrogen-bond donors (Lipinski definition) is 2. The van der Waals surface area contributed by atoms with Crippen molar-refractivity contribution in [3.63, 3.8) is 0 Å². The molecule has 0 saturated carbocycles. The number of rotatable bonds is 6. The van der Waals surface area contributed by atoms with Crippen molar-refractivity contribution in [3.05, 3.63) is 124 Å². The standard InChI is InChI=1S/C21H23NO5S.C8H3F5/c1-21(2,3)27-20(23)22-18(14-16-10-6-4-7-11-16)19(28(24,25)26)15-17-12-8-5-9-13-17;9-5-3-1-2-4(6(5)10)7(11)8(12)13/h4-15H,1-3H3,(H,22,23)(H,24,25,26);1-3H. The topological polar surface area (TPSA) is 92.7 Å². The maximum Gasteiger partial charge on any atom is 0.412 e. The molecule has 12 heteroatoms. The Kier molecular flexibility index (Phi) is 11.5. The third-order valence-corrected chi connectivity index (χ3v) is 5.63. The largest absolute Gasteiger partial charge is 0.444 e. The molecule has 0 aliphatic carbocycles. The van der Waals surface area contributed by atoms with Crippen LogP contribution in [0.15, 0.2) is 95.5 Å². The highest BCUT2D eigenvalue weighted by Crippen LogP contribution is 2.25. The van der Waals surface area contributed by atoms with Crippen molar-refractivity contribution in [1.29, 1.82) is 0 Å². The van der Waals surface area contributed by atoms with E-state index in [4.69, 9.17) is 4.74 Å². The number of benzene rings is 3. The summed E-state index contributed by atoms with van der Waals surface area (Å²) in [4.78, 5) is 11.8. The summed E-state index contributed by atoms with van der Waals surface area (Å²) in [6.45, 7) is 5.07.